The summed E-state index contributed by atoms with van der Waals surface area (Å²) >= 11 is 0. The molecular weight excluding hydrogens is 288 g/mol. The average molecular weight is 312 g/mol. The van der Waals surface area contributed by atoms with Gasteiger partial charge in [-0.05, 0) is 36.5 Å². The fraction of sp³-hybridized carbons (Fsp3) is 0.533. The van der Waals surface area contributed by atoms with Gasteiger partial charge in [-0.25, -0.2) is 8.42 Å². The van der Waals surface area contributed by atoms with Crippen molar-refractivity contribution in [1.29, 1.82) is 0 Å². The van der Waals surface area contributed by atoms with Crippen LogP contribution in [0.2, 0.25) is 0 Å². The number of rotatable bonds is 5. The normalized spacial score (nSPS) is 12.0. The molecule has 0 bridgehead atoms. The summed E-state index contributed by atoms with van der Waals surface area (Å²) in [4.78, 5) is 11.3. The van der Waals surface area contributed by atoms with Gasteiger partial charge in [-0.3, -0.25) is 9.52 Å². The Labute approximate surface area is 127 Å². The van der Waals surface area contributed by atoms with Crippen molar-refractivity contribution in [3.8, 4) is 0 Å². The SMILES string of the molecule is CCS(=O)(=O)Nc1ccc(CC(C)(C)C)cc1NC(C)=O. The second-order valence-electron chi connectivity index (χ2n) is 6.30. The molecule has 0 spiro atoms. The number of sulfonamides is 1. The van der Waals surface area contributed by atoms with Crippen LogP contribution in [0.25, 0.3) is 0 Å². The van der Waals surface area contributed by atoms with Gasteiger partial charge in [0.05, 0.1) is 17.1 Å². The zero-order chi connectivity index (χ0) is 16.3. The standard InChI is InChI=1S/C15H24N2O3S/c1-6-21(19,20)17-13-8-7-12(10-15(3,4)5)9-14(13)16-11(2)18/h7-9,17H,6,10H2,1-5H3,(H,16,18). The Hall–Kier alpha value is -1.56. The fourth-order valence-corrected chi connectivity index (χ4v) is 2.59. The Morgan fingerprint density at radius 2 is 1.81 bits per heavy atom. The summed E-state index contributed by atoms with van der Waals surface area (Å²) in [5, 5.41) is 2.68. The summed E-state index contributed by atoms with van der Waals surface area (Å²) < 4.78 is 25.9. The molecule has 0 aromatic heterocycles. The number of hydrogen-bond donors (Lipinski definition) is 2. The molecule has 1 aromatic rings. The molecule has 1 aromatic carbocycles. The van der Waals surface area contributed by atoms with Crippen LogP contribution in [0.1, 0.15) is 40.2 Å². The number of anilines is 2. The summed E-state index contributed by atoms with van der Waals surface area (Å²) in [5.41, 5.74) is 2.04. The van der Waals surface area contributed by atoms with Crippen LogP contribution in [0, 0.1) is 5.41 Å². The second-order valence-corrected chi connectivity index (χ2v) is 8.32. The van der Waals surface area contributed by atoms with E-state index >= 15 is 0 Å². The monoisotopic (exact) mass is 312 g/mol. The van der Waals surface area contributed by atoms with Gasteiger partial charge in [-0.2, -0.15) is 0 Å². The molecule has 6 heteroatoms. The first-order chi connectivity index (χ1) is 9.52. The van der Waals surface area contributed by atoms with Gasteiger partial charge in [0.2, 0.25) is 15.9 Å². The molecule has 0 atom stereocenters. The lowest BCUT2D eigenvalue weighted by Crippen LogP contribution is -2.17. The van der Waals surface area contributed by atoms with Crippen LogP contribution in [0.5, 0.6) is 0 Å². The van der Waals surface area contributed by atoms with Crippen LogP contribution in [0.15, 0.2) is 18.2 Å². The summed E-state index contributed by atoms with van der Waals surface area (Å²) in [6.45, 7) is 9.33. The predicted molar refractivity (Wildman–Crippen MR) is 87.0 cm³/mol. The van der Waals surface area contributed by atoms with Crippen molar-refractivity contribution in [3.63, 3.8) is 0 Å². The van der Waals surface area contributed by atoms with Gasteiger partial charge in [0.1, 0.15) is 0 Å². The lowest BCUT2D eigenvalue weighted by molar-refractivity contribution is -0.114. The maximum Gasteiger partial charge on any atom is 0.232 e. The van der Waals surface area contributed by atoms with Crippen molar-refractivity contribution in [2.75, 3.05) is 15.8 Å². The Morgan fingerprint density at radius 1 is 1.19 bits per heavy atom. The maximum atomic E-state index is 11.7. The van der Waals surface area contributed by atoms with Gasteiger partial charge in [0.25, 0.3) is 0 Å². The molecular formula is C15H24N2O3S. The molecule has 0 aliphatic heterocycles. The molecule has 0 unspecified atom stereocenters. The minimum Gasteiger partial charge on any atom is -0.325 e. The van der Waals surface area contributed by atoms with Crippen molar-refractivity contribution in [1.82, 2.24) is 0 Å². The first kappa shape index (κ1) is 17.5. The van der Waals surface area contributed by atoms with E-state index in [0.717, 1.165) is 12.0 Å². The average Bonchev–Trinajstić information content (AvgIpc) is 2.30. The number of carbonyl (C=O) groups is 1. The molecule has 0 aliphatic carbocycles. The van der Waals surface area contributed by atoms with E-state index in [4.69, 9.17) is 0 Å². The van der Waals surface area contributed by atoms with Crippen LogP contribution >= 0.6 is 0 Å². The predicted octanol–water partition coefficient (Wildman–Crippen LogP) is 3.00. The number of hydrogen-bond acceptors (Lipinski definition) is 3. The minimum absolute atomic E-state index is 0.0176. The van der Waals surface area contributed by atoms with Crippen molar-refractivity contribution in [2.24, 2.45) is 5.41 Å². The van der Waals surface area contributed by atoms with Gasteiger partial charge in [-0.1, -0.05) is 26.8 Å². The molecule has 5 nitrogen and oxygen atoms in total. The zero-order valence-electron chi connectivity index (χ0n) is 13.3. The Morgan fingerprint density at radius 3 is 2.29 bits per heavy atom. The van der Waals surface area contributed by atoms with Crippen LogP contribution in [0.3, 0.4) is 0 Å². The van der Waals surface area contributed by atoms with Crippen LogP contribution < -0.4 is 10.0 Å². The van der Waals surface area contributed by atoms with E-state index in [0.29, 0.717) is 11.4 Å². The Balaban J connectivity index is 3.16. The van der Waals surface area contributed by atoms with Crippen molar-refractivity contribution in [3.05, 3.63) is 23.8 Å². The van der Waals surface area contributed by atoms with Crippen molar-refractivity contribution >= 4 is 27.3 Å². The molecule has 1 rings (SSSR count). The molecule has 0 radical (unpaired) electrons. The zero-order valence-corrected chi connectivity index (χ0v) is 14.1. The third kappa shape index (κ3) is 6.16. The summed E-state index contributed by atoms with van der Waals surface area (Å²) in [6.07, 6.45) is 0.834. The fourth-order valence-electron chi connectivity index (χ4n) is 1.94. The third-order valence-corrected chi connectivity index (χ3v) is 4.07. The Kier molecular flexibility index (Phi) is 5.39. The summed E-state index contributed by atoms with van der Waals surface area (Å²) in [6, 6.07) is 5.39. The summed E-state index contributed by atoms with van der Waals surface area (Å²) in [7, 11) is -3.38. The topological polar surface area (TPSA) is 75.3 Å². The van der Waals surface area contributed by atoms with Gasteiger partial charge in [0, 0.05) is 6.92 Å². The summed E-state index contributed by atoms with van der Waals surface area (Å²) in [5.74, 6) is -0.254. The van der Waals surface area contributed by atoms with E-state index < -0.39 is 10.0 Å². The van der Waals surface area contributed by atoms with Gasteiger partial charge in [0.15, 0.2) is 0 Å². The number of nitrogens with one attached hydrogen (secondary N) is 2. The second kappa shape index (κ2) is 6.47. The minimum atomic E-state index is -3.38. The highest BCUT2D eigenvalue weighted by Crippen LogP contribution is 2.28. The first-order valence-corrected chi connectivity index (χ1v) is 8.58. The highest BCUT2D eigenvalue weighted by molar-refractivity contribution is 7.92. The quantitative estimate of drug-likeness (QED) is 0.877. The molecule has 0 heterocycles. The lowest BCUT2D eigenvalue weighted by Gasteiger charge is -2.20. The van der Waals surface area contributed by atoms with Crippen LogP contribution in [-0.4, -0.2) is 20.1 Å². The molecule has 0 fully saturated rings. The molecule has 0 aliphatic rings. The largest absolute Gasteiger partial charge is 0.325 e. The molecule has 118 valence electrons. The van der Waals surface area contributed by atoms with E-state index in [9.17, 15) is 13.2 Å². The van der Waals surface area contributed by atoms with Crippen molar-refractivity contribution in [2.45, 2.75) is 41.0 Å². The molecule has 21 heavy (non-hydrogen) atoms. The maximum absolute atomic E-state index is 11.7. The highest BCUT2D eigenvalue weighted by atomic mass is 32.2. The third-order valence-electron chi connectivity index (χ3n) is 2.77. The van der Waals surface area contributed by atoms with E-state index in [1.807, 2.05) is 12.1 Å². The van der Waals surface area contributed by atoms with E-state index in [2.05, 4.69) is 30.8 Å². The first-order valence-electron chi connectivity index (χ1n) is 6.93. The van der Waals surface area contributed by atoms with E-state index in [1.54, 1.807) is 13.0 Å². The van der Waals surface area contributed by atoms with Crippen molar-refractivity contribution < 1.29 is 13.2 Å². The van der Waals surface area contributed by atoms with Crippen LogP contribution in [-0.2, 0) is 21.2 Å². The number of carbonyl (C=O) groups excluding carboxylic acids is 1. The highest BCUT2D eigenvalue weighted by Gasteiger charge is 2.15. The van der Waals surface area contributed by atoms with Crippen LogP contribution in [0.4, 0.5) is 11.4 Å². The lowest BCUT2D eigenvalue weighted by atomic mass is 9.88. The van der Waals surface area contributed by atoms with E-state index in [1.165, 1.54) is 6.92 Å². The number of amides is 1. The molecule has 1 amide bonds. The smallest absolute Gasteiger partial charge is 0.232 e. The number of benzene rings is 1. The van der Waals surface area contributed by atoms with E-state index in [-0.39, 0.29) is 17.1 Å². The van der Waals surface area contributed by atoms with Gasteiger partial charge >= 0.3 is 0 Å². The molecule has 2 N–H and O–H groups in total. The molecule has 0 saturated carbocycles. The van der Waals surface area contributed by atoms with Gasteiger partial charge in [-0.15, -0.1) is 0 Å². The molecule has 0 saturated heterocycles. The Bertz CT molecular complexity index is 616. The van der Waals surface area contributed by atoms with Gasteiger partial charge < -0.3 is 5.32 Å².